The third-order valence-corrected chi connectivity index (χ3v) is 3.76. The number of halogens is 1. The second kappa shape index (κ2) is 4.90. The molecule has 0 saturated carbocycles. The lowest BCUT2D eigenvalue weighted by molar-refractivity contribution is 0.552. The summed E-state index contributed by atoms with van der Waals surface area (Å²) in [4.78, 5) is 3.28. The maximum absolute atomic E-state index is 6.11. The Morgan fingerprint density at radius 2 is 2.05 bits per heavy atom. The summed E-state index contributed by atoms with van der Waals surface area (Å²) in [7, 11) is 0. The Hall–Kier alpha value is -2.33. The zero-order valence-corrected chi connectivity index (χ0v) is 11.8. The Bertz CT molecular complexity index is 826. The maximum atomic E-state index is 6.11. The molecule has 3 aromatic rings. The zero-order valence-electron chi connectivity index (χ0n) is 11.1. The molecule has 1 aliphatic carbocycles. The van der Waals surface area contributed by atoms with Gasteiger partial charge in [-0.2, -0.15) is 0 Å². The van der Waals surface area contributed by atoms with Gasteiger partial charge in [-0.25, -0.2) is 0 Å². The highest BCUT2D eigenvalue weighted by atomic mass is 35.5. The van der Waals surface area contributed by atoms with Crippen LogP contribution in [0.5, 0.6) is 0 Å². The van der Waals surface area contributed by atoms with E-state index in [1.54, 1.807) is 0 Å². The monoisotopic (exact) mass is 297 g/mol. The van der Waals surface area contributed by atoms with Gasteiger partial charge in [0.25, 0.3) is 5.89 Å². The van der Waals surface area contributed by atoms with Crippen LogP contribution in [0.4, 0.5) is 0 Å². The van der Waals surface area contributed by atoms with Crippen LogP contribution in [-0.4, -0.2) is 20.6 Å². The van der Waals surface area contributed by atoms with Crippen molar-refractivity contribution in [2.24, 2.45) is 0 Å². The number of H-pyrrole nitrogens is 1. The molecule has 104 valence electrons. The molecule has 0 fully saturated rings. The fourth-order valence-electron chi connectivity index (χ4n) is 2.42. The van der Waals surface area contributed by atoms with E-state index in [-0.39, 0.29) is 5.38 Å². The van der Waals surface area contributed by atoms with Crippen molar-refractivity contribution in [1.29, 1.82) is 0 Å². The fourth-order valence-corrected chi connectivity index (χ4v) is 2.66. The van der Waals surface area contributed by atoms with Crippen LogP contribution in [0.1, 0.15) is 12.3 Å². The Kier molecular flexibility index (Phi) is 2.89. The maximum Gasteiger partial charge on any atom is 0.264 e. The van der Waals surface area contributed by atoms with Gasteiger partial charge in [0.15, 0.2) is 0 Å². The molecule has 1 aliphatic rings. The van der Waals surface area contributed by atoms with Crippen LogP contribution in [0.3, 0.4) is 0 Å². The Labute approximate surface area is 126 Å². The molecule has 4 nitrogen and oxygen atoms in total. The zero-order chi connectivity index (χ0) is 14.2. The van der Waals surface area contributed by atoms with E-state index in [1.165, 1.54) is 0 Å². The van der Waals surface area contributed by atoms with Crippen LogP contribution in [-0.2, 0) is 0 Å². The van der Waals surface area contributed by atoms with Crippen molar-refractivity contribution < 1.29 is 4.42 Å². The van der Waals surface area contributed by atoms with E-state index in [1.807, 2.05) is 48.6 Å². The number of hydrogen-bond acceptors (Lipinski definition) is 3. The summed E-state index contributed by atoms with van der Waals surface area (Å²) in [6.07, 6.45) is 6.74. The van der Waals surface area contributed by atoms with Gasteiger partial charge in [-0.1, -0.05) is 36.4 Å². The number of para-hydroxylation sites is 1. The van der Waals surface area contributed by atoms with Gasteiger partial charge >= 0.3 is 0 Å². The first kappa shape index (κ1) is 12.4. The molecule has 1 atom stereocenters. The molecule has 2 heterocycles. The molecular weight excluding hydrogens is 286 g/mol. The molecule has 0 spiro atoms. The first-order chi connectivity index (χ1) is 10.3. The van der Waals surface area contributed by atoms with Gasteiger partial charge in [0.1, 0.15) is 5.69 Å². The number of benzene rings is 1. The Morgan fingerprint density at radius 3 is 2.90 bits per heavy atom. The molecule has 1 N–H and O–H groups in total. The van der Waals surface area contributed by atoms with Crippen LogP contribution < -0.4 is 0 Å². The van der Waals surface area contributed by atoms with Gasteiger partial charge in [0.2, 0.25) is 5.89 Å². The van der Waals surface area contributed by atoms with Crippen molar-refractivity contribution in [3.8, 4) is 11.6 Å². The molecule has 2 aromatic heterocycles. The van der Waals surface area contributed by atoms with Crippen LogP contribution in [0.2, 0.25) is 0 Å². The van der Waals surface area contributed by atoms with Gasteiger partial charge in [-0.15, -0.1) is 21.8 Å². The van der Waals surface area contributed by atoms with E-state index in [2.05, 4.69) is 15.2 Å². The van der Waals surface area contributed by atoms with Crippen LogP contribution in [0, 0.1) is 0 Å². The van der Waals surface area contributed by atoms with E-state index in [9.17, 15) is 0 Å². The number of aromatic amines is 1. The molecule has 1 aromatic carbocycles. The second-order valence-electron chi connectivity index (χ2n) is 4.96. The summed E-state index contributed by atoms with van der Waals surface area (Å²) in [6, 6.07) is 10.0. The summed E-state index contributed by atoms with van der Waals surface area (Å²) in [5.74, 6) is 0.970. The highest BCUT2D eigenvalue weighted by Crippen LogP contribution is 2.27. The normalized spacial score (nSPS) is 18.1. The molecule has 21 heavy (non-hydrogen) atoms. The lowest BCUT2D eigenvalue weighted by Crippen LogP contribution is -1.97. The molecular formula is C16H12ClN3O. The van der Waals surface area contributed by atoms with Crippen LogP contribution in [0.15, 0.2) is 53.0 Å². The van der Waals surface area contributed by atoms with Crippen molar-refractivity contribution in [3.05, 3.63) is 54.5 Å². The minimum Gasteiger partial charge on any atom is -0.415 e. The first-order valence-electron chi connectivity index (χ1n) is 6.74. The number of alkyl halides is 1. The van der Waals surface area contributed by atoms with Crippen LogP contribution >= 0.6 is 11.6 Å². The lowest BCUT2D eigenvalue weighted by atomic mass is 10.1. The van der Waals surface area contributed by atoms with Crippen molar-refractivity contribution >= 4 is 28.1 Å². The molecule has 0 bridgehead atoms. The Morgan fingerprint density at radius 1 is 1.19 bits per heavy atom. The minimum atomic E-state index is -0.0200. The van der Waals surface area contributed by atoms with E-state index in [0.717, 1.165) is 28.6 Å². The molecule has 1 unspecified atom stereocenters. The van der Waals surface area contributed by atoms with E-state index in [4.69, 9.17) is 16.0 Å². The van der Waals surface area contributed by atoms with Gasteiger partial charge in [-0.05, 0) is 18.6 Å². The highest BCUT2D eigenvalue weighted by molar-refractivity contribution is 6.22. The number of nitrogens with zero attached hydrogens (tertiary/aromatic N) is 2. The van der Waals surface area contributed by atoms with Crippen molar-refractivity contribution in [3.63, 3.8) is 0 Å². The second-order valence-corrected chi connectivity index (χ2v) is 5.52. The van der Waals surface area contributed by atoms with Gasteiger partial charge in [0.05, 0.1) is 5.38 Å². The molecule has 0 amide bonds. The molecule has 4 rings (SSSR count). The van der Waals surface area contributed by atoms with Gasteiger partial charge < -0.3 is 9.40 Å². The smallest absolute Gasteiger partial charge is 0.264 e. The summed E-state index contributed by atoms with van der Waals surface area (Å²) >= 11 is 6.11. The number of allylic oxidation sites excluding steroid dienone is 4. The topological polar surface area (TPSA) is 54.7 Å². The van der Waals surface area contributed by atoms with E-state index < -0.39 is 0 Å². The molecule has 0 radical (unpaired) electrons. The van der Waals surface area contributed by atoms with Crippen molar-refractivity contribution in [2.45, 2.75) is 11.8 Å². The standard InChI is InChI=1S/C16H12ClN3O/c17-12-6-3-5-11(8-12)15-19-20-16(21-15)14-9-10-4-1-2-7-13(10)18-14/h1-5,7-9,12,18H,6H2. The third-order valence-electron chi connectivity index (χ3n) is 3.45. The summed E-state index contributed by atoms with van der Waals surface area (Å²) in [6.45, 7) is 0. The van der Waals surface area contributed by atoms with Gasteiger partial charge in [-0.3, -0.25) is 0 Å². The number of nitrogens with one attached hydrogen (secondary N) is 1. The fraction of sp³-hybridized carbons (Fsp3) is 0.125. The highest BCUT2D eigenvalue weighted by Gasteiger charge is 2.15. The predicted octanol–water partition coefficient (Wildman–Crippen LogP) is 4.17. The number of fused-ring (bicyclic) bond motifs is 1. The SMILES string of the molecule is ClC1C=C(c2nnc(-c3cc4ccccc4[nH]3)o2)C=CC1. The largest absolute Gasteiger partial charge is 0.415 e. The minimum absolute atomic E-state index is 0.0200. The predicted molar refractivity (Wildman–Crippen MR) is 83.0 cm³/mol. The molecule has 0 aliphatic heterocycles. The van der Waals surface area contributed by atoms with Crippen LogP contribution in [0.25, 0.3) is 28.1 Å². The molecule has 0 saturated heterocycles. The van der Waals surface area contributed by atoms with E-state index >= 15 is 0 Å². The summed E-state index contributed by atoms with van der Waals surface area (Å²) in [5, 5.41) is 9.32. The number of aromatic nitrogens is 3. The average Bonchev–Trinajstić information content (AvgIpc) is 3.14. The molecule has 5 heteroatoms. The summed E-state index contributed by atoms with van der Waals surface area (Å²) in [5.41, 5.74) is 2.73. The van der Waals surface area contributed by atoms with Crippen molar-refractivity contribution in [2.75, 3.05) is 0 Å². The third kappa shape index (κ3) is 2.28. The lowest BCUT2D eigenvalue weighted by Gasteiger charge is -2.06. The quantitative estimate of drug-likeness (QED) is 0.722. The van der Waals surface area contributed by atoms with E-state index in [0.29, 0.717) is 11.8 Å². The first-order valence-corrected chi connectivity index (χ1v) is 7.18. The van der Waals surface area contributed by atoms with Crippen molar-refractivity contribution in [1.82, 2.24) is 15.2 Å². The Balaban J connectivity index is 1.72. The number of rotatable bonds is 2. The summed E-state index contributed by atoms with van der Waals surface area (Å²) < 4.78 is 5.76. The van der Waals surface area contributed by atoms with Gasteiger partial charge in [0, 0.05) is 16.5 Å². The number of hydrogen-bond donors (Lipinski definition) is 1. The average molecular weight is 298 g/mol.